The zero-order chi connectivity index (χ0) is 12.5. The van der Waals surface area contributed by atoms with Crippen LogP contribution >= 0.6 is 10.7 Å². The van der Waals surface area contributed by atoms with E-state index in [0.29, 0.717) is 6.07 Å². The highest BCUT2D eigenvalue weighted by atomic mass is 35.7. The van der Waals surface area contributed by atoms with Crippen molar-refractivity contribution in [2.75, 3.05) is 7.11 Å². The molecule has 0 saturated heterocycles. The van der Waals surface area contributed by atoms with Gasteiger partial charge in [-0.1, -0.05) is 0 Å². The predicted molar refractivity (Wildman–Crippen MR) is 53.5 cm³/mol. The Hall–Kier alpha value is -0.950. The molecule has 16 heavy (non-hydrogen) atoms. The molecule has 0 radical (unpaired) electrons. The maximum Gasteiger partial charge on any atom is 0.280 e. The lowest BCUT2D eigenvalue weighted by Gasteiger charge is -2.10. The van der Waals surface area contributed by atoms with Gasteiger partial charge in [0.25, 0.3) is 15.5 Å². The molecule has 0 spiro atoms. The third kappa shape index (κ3) is 2.59. The van der Waals surface area contributed by atoms with Crippen molar-refractivity contribution >= 4 is 19.7 Å². The lowest BCUT2D eigenvalue weighted by atomic mass is 10.3. The van der Waals surface area contributed by atoms with Crippen molar-refractivity contribution in [3.05, 3.63) is 17.5 Å². The predicted octanol–water partition coefficient (Wildman–Crippen LogP) is 2.26. The standard InChI is InChI=1S/C8H8ClF2NO3S/c1-4-7(15-2)6(16(9,13)14)3-5(12-4)8(10)11/h3,8H,1-2H3. The molecular formula is C8H8ClF2NO3S. The SMILES string of the molecule is COc1c(S(=O)(=O)Cl)cc(C(F)F)nc1C. The van der Waals surface area contributed by atoms with E-state index in [1.165, 1.54) is 14.0 Å². The van der Waals surface area contributed by atoms with Gasteiger partial charge in [-0.25, -0.2) is 22.2 Å². The summed E-state index contributed by atoms with van der Waals surface area (Å²) in [7, 11) is 2.17. The molecular weight excluding hydrogens is 264 g/mol. The Bertz CT molecular complexity index is 504. The fourth-order valence-corrected chi connectivity index (χ4v) is 2.25. The molecule has 1 heterocycles. The van der Waals surface area contributed by atoms with E-state index in [0.717, 1.165) is 0 Å². The molecule has 0 fully saturated rings. The summed E-state index contributed by atoms with van der Waals surface area (Å²) in [6.07, 6.45) is -2.87. The van der Waals surface area contributed by atoms with Crippen molar-refractivity contribution in [1.29, 1.82) is 0 Å². The van der Waals surface area contributed by atoms with Gasteiger partial charge >= 0.3 is 0 Å². The van der Waals surface area contributed by atoms with E-state index < -0.39 is 26.1 Å². The minimum absolute atomic E-state index is 0.0412. The number of hydrogen-bond acceptors (Lipinski definition) is 4. The Balaban J connectivity index is 3.56. The van der Waals surface area contributed by atoms with Gasteiger partial charge in [0.1, 0.15) is 10.6 Å². The summed E-state index contributed by atoms with van der Waals surface area (Å²) in [5.74, 6) is -0.126. The zero-order valence-corrected chi connectivity index (χ0v) is 9.94. The van der Waals surface area contributed by atoms with Crippen molar-refractivity contribution in [2.24, 2.45) is 0 Å². The molecule has 0 saturated carbocycles. The first-order valence-electron chi connectivity index (χ1n) is 4.05. The molecule has 0 unspecified atom stereocenters. The topological polar surface area (TPSA) is 56.3 Å². The lowest BCUT2D eigenvalue weighted by Crippen LogP contribution is -2.03. The van der Waals surface area contributed by atoms with Crippen molar-refractivity contribution < 1.29 is 21.9 Å². The van der Waals surface area contributed by atoms with Crippen LogP contribution in [0.25, 0.3) is 0 Å². The molecule has 0 aliphatic carbocycles. The molecule has 0 aliphatic heterocycles. The number of aromatic nitrogens is 1. The maximum absolute atomic E-state index is 12.4. The highest BCUT2D eigenvalue weighted by Crippen LogP contribution is 2.32. The van der Waals surface area contributed by atoms with E-state index in [1.807, 2.05) is 0 Å². The molecule has 8 heteroatoms. The molecule has 1 aromatic heterocycles. The van der Waals surface area contributed by atoms with E-state index >= 15 is 0 Å². The lowest BCUT2D eigenvalue weighted by molar-refractivity contribution is 0.145. The van der Waals surface area contributed by atoms with Gasteiger partial charge in [0.05, 0.1) is 12.8 Å². The quantitative estimate of drug-likeness (QED) is 0.792. The van der Waals surface area contributed by atoms with Crippen LogP contribution in [0.1, 0.15) is 17.8 Å². The van der Waals surface area contributed by atoms with Crippen LogP contribution in [-0.2, 0) is 9.05 Å². The van der Waals surface area contributed by atoms with Gasteiger partial charge in [-0.2, -0.15) is 0 Å². The molecule has 1 aromatic rings. The van der Waals surface area contributed by atoms with Crippen molar-refractivity contribution in [2.45, 2.75) is 18.2 Å². The number of halogens is 3. The molecule has 1 rings (SSSR count). The van der Waals surface area contributed by atoms with E-state index in [4.69, 9.17) is 15.4 Å². The minimum Gasteiger partial charge on any atom is -0.493 e. The monoisotopic (exact) mass is 271 g/mol. The van der Waals surface area contributed by atoms with Crippen LogP contribution in [0, 0.1) is 6.92 Å². The first kappa shape index (κ1) is 13.1. The largest absolute Gasteiger partial charge is 0.493 e. The summed E-state index contributed by atoms with van der Waals surface area (Å²) >= 11 is 0. The van der Waals surface area contributed by atoms with Gasteiger partial charge in [-0.3, -0.25) is 0 Å². The van der Waals surface area contributed by atoms with E-state index in [-0.39, 0.29) is 11.4 Å². The normalized spacial score (nSPS) is 11.9. The number of hydrogen-bond donors (Lipinski definition) is 0. The van der Waals surface area contributed by atoms with E-state index in [2.05, 4.69) is 4.98 Å². The molecule has 4 nitrogen and oxygen atoms in total. The number of pyridine rings is 1. The van der Waals surface area contributed by atoms with Crippen molar-refractivity contribution in [3.8, 4) is 5.75 Å². The average molecular weight is 272 g/mol. The Labute approximate surface area is 95.6 Å². The molecule has 0 atom stereocenters. The van der Waals surface area contributed by atoms with Crippen molar-refractivity contribution in [3.63, 3.8) is 0 Å². The number of rotatable bonds is 3. The molecule has 90 valence electrons. The minimum atomic E-state index is -4.15. The number of nitrogens with zero attached hydrogens (tertiary/aromatic N) is 1. The Kier molecular flexibility index (Phi) is 3.69. The van der Waals surface area contributed by atoms with Crippen LogP contribution in [0.5, 0.6) is 5.75 Å². The van der Waals surface area contributed by atoms with Crippen LogP contribution in [-0.4, -0.2) is 20.5 Å². The first-order valence-corrected chi connectivity index (χ1v) is 6.36. The first-order chi connectivity index (χ1) is 7.27. The maximum atomic E-state index is 12.4. The summed E-state index contributed by atoms with van der Waals surface area (Å²) in [6, 6.07) is 0.707. The van der Waals surface area contributed by atoms with E-state index in [9.17, 15) is 17.2 Å². The van der Waals surface area contributed by atoms with Gasteiger partial charge in [0.2, 0.25) is 0 Å². The highest BCUT2D eigenvalue weighted by molar-refractivity contribution is 8.13. The number of aryl methyl sites for hydroxylation is 1. The third-order valence-electron chi connectivity index (χ3n) is 1.82. The van der Waals surface area contributed by atoms with E-state index in [1.54, 1.807) is 0 Å². The van der Waals surface area contributed by atoms with Gasteiger partial charge in [0.15, 0.2) is 5.75 Å². The Morgan fingerprint density at radius 1 is 1.50 bits per heavy atom. The Morgan fingerprint density at radius 2 is 2.06 bits per heavy atom. The third-order valence-corrected chi connectivity index (χ3v) is 3.15. The molecule has 0 aromatic carbocycles. The average Bonchev–Trinajstić information content (AvgIpc) is 2.14. The summed E-state index contributed by atoms with van der Waals surface area (Å²) in [5, 5.41) is 0. The van der Waals surface area contributed by atoms with Gasteiger partial charge in [-0.15, -0.1) is 0 Å². The van der Waals surface area contributed by atoms with Crippen molar-refractivity contribution in [1.82, 2.24) is 4.98 Å². The molecule has 0 amide bonds. The second-order valence-electron chi connectivity index (χ2n) is 2.90. The van der Waals surface area contributed by atoms with Gasteiger partial charge < -0.3 is 4.74 Å². The number of ether oxygens (including phenoxy) is 1. The molecule has 0 bridgehead atoms. The van der Waals surface area contributed by atoms with Crippen LogP contribution in [0.2, 0.25) is 0 Å². The zero-order valence-electron chi connectivity index (χ0n) is 8.37. The van der Waals surface area contributed by atoms with Crippen LogP contribution in [0.15, 0.2) is 11.0 Å². The van der Waals surface area contributed by atoms with Gasteiger partial charge in [0, 0.05) is 10.7 Å². The van der Waals surface area contributed by atoms with Crippen LogP contribution < -0.4 is 4.74 Å². The highest BCUT2D eigenvalue weighted by Gasteiger charge is 2.23. The van der Waals surface area contributed by atoms with Crippen LogP contribution in [0.4, 0.5) is 8.78 Å². The second-order valence-corrected chi connectivity index (χ2v) is 5.44. The molecule has 0 N–H and O–H groups in total. The van der Waals surface area contributed by atoms with Crippen LogP contribution in [0.3, 0.4) is 0 Å². The fraction of sp³-hybridized carbons (Fsp3) is 0.375. The van der Waals surface area contributed by atoms with Gasteiger partial charge in [-0.05, 0) is 13.0 Å². The smallest absolute Gasteiger partial charge is 0.280 e. The number of methoxy groups -OCH3 is 1. The summed E-state index contributed by atoms with van der Waals surface area (Å²) < 4.78 is 51.9. The molecule has 0 aliphatic rings. The fourth-order valence-electron chi connectivity index (χ4n) is 1.20. The summed E-state index contributed by atoms with van der Waals surface area (Å²) in [4.78, 5) is 3.02. The summed E-state index contributed by atoms with van der Waals surface area (Å²) in [5.41, 5.74) is -0.614. The second kappa shape index (κ2) is 4.50. The Morgan fingerprint density at radius 3 is 2.44 bits per heavy atom. The number of alkyl halides is 2. The summed E-state index contributed by atoms with van der Waals surface area (Å²) in [6.45, 7) is 1.36.